The van der Waals surface area contributed by atoms with Crippen LogP contribution in [0.3, 0.4) is 0 Å². The quantitative estimate of drug-likeness (QED) is 0.795. The van der Waals surface area contributed by atoms with Crippen LogP contribution >= 0.6 is 0 Å². The van der Waals surface area contributed by atoms with Gasteiger partial charge in [0.25, 0.3) is 0 Å². The van der Waals surface area contributed by atoms with Gasteiger partial charge in [0.05, 0.1) is 17.9 Å². The molecule has 0 saturated carbocycles. The lowest BCUT2D eigenvalue weighted by molar-refractivity contribution is 0.540. The molecule has 0 atom stereocenters. The van der Waals surface area contributed by atoms with Crippen LogP contribution in [0.15, 0.2) is 30.5 Å². The predicted octanol–water partition coefficient (Wildman–Crippen LogP) is 1.68. The van der Waals surface area contributed by atoms with Gasteiger partial charge in [-0.05, 0) is 32.0 Å². The Morgan fingerprint density at radius 2 is 2.18 bits per heavy atom. The molecule has 17 heavy (non-hydrogen) atoms. The molecule has 0 aliphatic carbocycles. The van der Waals surface area contributed by atoms with E-state index in [1.54, 1.807) is 0 Å². The molecule has 0 amide bonds. The van der Waals surface area contributed by atoms with Crippen molar-refractivity contribution in [3.63, 3.8) is 0 Å². The van der Waals surface area contributed by atoms with Crippen molar-refractivity contribution in [3.8, 4) is 0 Å². The van der Waals surface area contributed by atoms with E-state index in [0.717, 1.165) is 31.0 Å². The van der Waals surface area contributed by atoms with E-state index in [4.69, 9.17) is 0 Å². The van der Waals surface area contributed by atoms with E-state index >= 15 is 0 Å². The number of nitrogens with zero attached hydrogens (tertiary/aromatic N) is 3. The van der Waals surface area contributed by atoms with Crippen molar-refractivity contribution in [2.75, 3.05) is 6.54 Å². The zero-order valence-corrected chi connectivity index (χ0v) is 10.3. The van der Waals surface area contributed by atoms with Crippen molar-refractivity contribution in [1.29, 1.82) is 0 Å². The molecule has 0 fully saturated rings. The lowest BCUT2D eigenvalue weighted by Gasteiger charge is -2.06. The van der Waals surface area contributed by atoms with Crippen LogP contribution < -0.4 is 5.32 Å². The second-order valence-electron chi connectivity index (χ2n) is 4.15. The topological polar surface area (TPSA) is 42.7 Å². The van der Waals surface area contributed by atoms with Crippen LogP contribution in [0.25, 0.3) is 0 Å². The summed E-state index contributed by atoms with van der Waals surface area (Å²) in [6.07, 6.45) is 1.82. The van der Waals surface area contributed by atoms with E-state index in [1.807, 2.05) is 36.0 Å². The highest BCUT2D eigenvalue weighted by Crippen LogP contribution is 2.00. The molecule has 0 aromatic carbocycles. The molecule has 1 N–H and O–H groups in total. The van der Waals surface area contributed by atoms with Gasteiger partial charge < -0.3 is 5.32 Å². The van der Waals surface area contributed by atoms with Crippen molar-refractivity contribution < 1.29 is 0 Å². The number of aromatic nitrogens is 3. The van der Waals surface area contributed by atoms with Gasteiger partial charge in [-0.15, -0.1) is 0 Å². The van der Waals surface area contributed by atoms with Crippen molar-refractivity contribution >= 4 is 0 Å². The van der Waals surface area contributed by atoms with E-state index in [-0.39, 0.29) is 0 Å². The number of aryl methyl sites for hydroxylation is 2. The van der Waals surface area contributed by atoms with Crippen LogP contribution in [-0.2, 0) is 13.1 Å². The molecule has 0 spiro atoms. The second-order valence-corrected chi connectivity index (χ2v) is 4.15. The largest absolute Gasteiger partial charge is 0.309 e. The van der Waals surface area contributed by atoms with Crippen LogP contribution in [0.5, 0.6) is 0 Å². The highest BCUT2D eigenvalue weighted by atomic mass is 15.3. The van der Waals surface area contributed by atoms with Crippen LogP contribution in [0.2, 0.25) is 0 Å². The molecule has 2 heterocycles. The van der Waals surface area contributed by atoms with Gasteiger partial charge in [-0.1, -0.05) is 6.07 Å². The maximum absolute atomic E-state index is 4.42. The Hall–Kier alpha value is -1.68. The molecule has 0 radical (unpaired) electrons. The molecule has 0 saturated heterocycles. The summed E-state index contributed by atoms with van der Waals surface area (Å²) in [5.74, 6) is 0. The molecule has 2 aromatic heterocycles. The molecule has 90 valence electrons. The first kappa shape index (κ1) is 11.8. The lowest BCUT2D eigenvalue weighted by Crippen LogP contribution is -2.21. The van der Waals surface area contributed by atoms with Crippen LogP contribution in [0.1, 0.15) is 17.1 Å². The number of pyridine rings is 1. The third kappa shape index (κ3) is 3.39. The summed E-state index contributed by atoms with van der Waals surface area (Å²) in [7, 11) is 0. The van der Waals surface area contributed by atoms with Gasteiger partial charge in [0.1, 0.15) is 0 Å². The van der Waals surface area contributed by atoms with Gasteiger partial charge >= 0.3 is 0 Å². The molecule has 2 aromatic rings. The normalized spacial score (nSPS) is 10.7. The van der Waals surface area contributed by atoms with E-state index in [0.29, 0.717) is 0 Å². The van der Waals surface area contributed by atoms with E-state index in [1.165, 1.54) is 5.69 Å². The number of rotatable bonds is 5. The average molecular weight is 230 g/mol. The van der Waals surface area contributed by atoms with Gasteiger partial charge in [0.2, 0.25) is 0 Å². The van der Waals surface area contributed by atoms with Gasteiger partial charge in [0, 0.05) is 25.0 Å². The molecule has 0 bridgehead atoms. The standard InChI is InChI=1S/C13H18N4/c1-11-9-12(2)17(16-11)8-7-14-10-13-5-3-4-6-15-13/h3-6,9,14H,7-8,10H2,1-2H3. The molecule has 0 unspecified atom stereocenters. The first-order valence-corrected chi connectivity index (χ1v) is 5.87. The Kier molecular flexibility index (Phi) is 3.88. The Morgan fingerprint density at radius 1 is 1.29 bits per heavy atom. The maximum atomic E-state index is 4.42. The summed E-state index contributed by atoms with van der Waals surface area (Å²) in [6.45, 7) is 6.70. The van der Waals surface area contributed by atoms with Gasteiger partial charge in [0.15, 0.2) is 0 Å². The minimum atomic E-state index is 0.806. The highest BCUT2D eigenvalue weighted by Gasteiger charge is 1.99. The zero-order valence-electron chi connectivity index (χ0n) is 10.3. The first-order chi connectivity index (χ1) is 8.25. The predicted molar refractivity (Wildman–Crippen MR) is 67.6 cm³/mol. The third-order valence-corrected chi connectivity index (χ3v) is 2.64. The van der Waals surface area contributed by atoms with Gasteiger partial charge in [-0.2, -0.15) is 5.10 Å². The molecule has 4 heteroatoms. The fourth-order valence-electron chi connectivity index (χ4n) is 1.81. The Balaban J connectivity index is 1.75. The van der Waals surface area contributed by atoms with Crippen molar-refractivity contribution in [2.45, 2.75) is 26.9 Å². The molecule has 2 rings (SSSR count). The van der Waals surface area contributed by atoms with Crippen LogP contribution in [0.4, 0.5) is 0 Å². The number of nitrogens with one attached hydrogen (secondary N) is 1. The highest BCUT2D eigenvalue weighted by molar-refractivity contribution is 5.06. The molecule has 4 nitrogen and oxygen atoms in total. The molecule has 0 aliphatic rings. The molecule has 0 aliphatic heterocycles. The summed E-state index contributed by atoms with van der Waals surface area (Å²) >= 11 is 0. The maximum Gasteiger partial charge on any atom is 0.0596 e. The summed E-state index contributed by atoms with van der Waals surface area (Å²) in [5, 5.41) is 7.78. The van der Waals surface area contributed by atoms with Crippen molar-refractivity contribution in [3.05, 3.63) is 47.5 Å². The van der Waals surface area contributed by atoms with Crippen molar-refractivity contribution in [2.24, 2.45) is 0 Å². The summed E-state index contributed by atoms with van der Waals surface area (Å²) < 4.78 is 2.03. The Morgan fingerprint density at radius 3 is 2.82 bits per heavy atom. The smallest absolute Gasteiger partial charge is 0.0596 e. The lowest BCUT2D eigenvalue weighted by atomic mass is 10.3. The second kappa shape index (κ2) is 5.59. The minimum absolute atomic E-state index is 0.806. The van der Waals surface area contributed by atoms with E-state index in [9.17, 15) is 0 Å². The Labute approximate surface area is 102 Å². The van der Waals surface area contributed by atoms with Crippen LogP contribution in [0, 0.1) is 13.8 Å². The monoisotopic (exact) mass is 230 g/mol. The SMILES string of the molecule is Cc1cc(C)n(CCNCc2ccccn2)n1. The van der Waals surface area contributed by atoms with Gasteiger partial charge in [-0.3, -0.25) is 9.67 Å². The first-order valence-electron chi connectivity index (χ1n) is 5.87. The fourth-order valence-corrected chi connectivity index (χ4v) is 1.81. The summed E-state index contributed by atoms with van der Waals surface area (Å²) in [5.41, 5.74) is 3.36. The van der Waals surface area contributed by atoms with E-state index < -0.39 is 0 Å². The Bertz CT molecular complexity index is 462. The van der Waals surface area contributed by atoms with Crippen molar-refractivity contribution in [1.82, 2.24) is 20.1 Å². The minimum Gasteiger partial charge on any atom is -0.309 e. The molecular formula is C13H18N4. The fraction of sp³-hybridized carbons (Fsp3) is 0.385. The summed E-state index contributed by atoms with van der Waals surface area (Å²) in [6, 6.07) is 8.06. The number of hydrogen-bond donors (Lipinski definition) is 1. The average Bonchev–Trinajstić information content (AvgIpc) is 2.65. The summed E-state index contributed by atoms with van der Waals surface area (Å²) in [4.78, 5) is 4.26. The number of hydrogen-bond acceptors (Lipinski definition) is 3. The zero-order chi connectivity index (χ0) is 12.1. The van der Waals surface area contributed by atoms with Gasteiger partial charge in [-0.25, -0.2) is 0 Å². The van der Waals surface area contributed by atoms with E-state index in [2.05, 4.69) is 28.4 Å². The molecular weight excluding hydrogens is 212 g/mol. The van der Waals surface area contributed by atoms with Crippen LogP contribution in [-0.4, -0.2) is 21.3 Å². The third-order valence-electron chi connectivity index (χ3n) is 2.64.